The lowest BCUT2D eigenvalue weighted by atomic mass is 10.1. The second-order valence-corrected chi connectivity index (χ2v) is 10.2. The fourth-order valence-corrected chi connectivity index (χ4v) is 5.74. The summed E-state index contributed by atoms with van der Waals surface area (Å²) in [5, 5.41) is 0. The zero-order chi connectivity index (χ0) is 31.4. The van der Waals surface area contributed by atoms with Gasteiger partial charge in [0.25, 0.3) is 20.2 Å². The van der Waals surface area contributed by atoms with E-state index < -0.39 is 99.1 Å². The van der Waals surface area contributed by atoms with Crippen molar-refractivity contribution in [3.05, 3.63) is 11.1 Å². The van der Waals surface area contributed by atoms with Crippen LogP contribution in [0.4, 0.5) is 0 Å². The smallest absolute Gasteiger partial charge is 0.351 e. The van der Waals surface area contributed by atoms with Crippen molar-refractivity contribution in [1.29, 1.82) is 0 Å². The number of halogens is 8. The van der Waals surface area contributed by atoms with Crippen LogP contribution in [0.1, 0.15) is 20.7 Å². The first-order valence-corrected chi connectivity index (χ1v) is 14.0. The molecular formula is C14H2Cl8O17S2. The van der Waals surface area contributed by atoms with Crippen molar-refractivity contribution in [2.24, 2.45) is 0 Å². The van der Waals surface area contributed by atoms with Gasteiger partial charge in [0.1, 0.15) is 106 Å². The predicted octanol–water partition coefficient (Wildman–Crippen LogP) is 5.44. The summed E-state index contributed by atoms with van der Waals surface area (Å²) in [5.41, 5.74) is -3.16. The molecule has 41 heavy (non-hydrogen) atoms. The SMILES string of the molecule is O=C(OC(=O)c1c(OCl)c(OCl)c(OCl)c(OCl)c1S(=O)(=O)O)c1c(OCl)c(OCl)c(OCl)c(OCl)c1S(=O)(=O)O. The van der Waals surface area contributed by atoms with E-state index in [9.17, 15) is 35.5 Å². The maximum absolute atomic E-state index is 13.1. The molecule has 0 fully saturated rings. The second kappa shape index (κ2) is 14.1. The van der Waals surface area contributed by atoms with Crippen LogP contribution in [0.3, 0.4) is 0 Å². The lowest BCUT2D eigenvalue weighted by molar-refractivity contribution is 0.0388. The lowest BCUT2D eigenvalue weighted by Crippen LogP contribution is -2.20. The normalized spacial score (nSPS) is 11.3. The molecule has 0 aliphatic carbocycles. The maximum atomic E-state index is 13.1. The Balaban J connectivity index is 3.03. The molecule has 0 aromatic heterocycles. The highest BCUT2D eigenvalue weighted by Crippen LogP contribution is 2.55. The molecule has 2 aromatic carbocycles. The van der Waals surface area contributed by atoms with Gasteiger partial charge in [0.15, 0.2) is 9.79 Å². The summed E-state index contributed by atoms with van der Waals surface area (Å²) in [6.45, 7) is 0. The molecule has 0 aliphatic rings. The Labute approximate surface area is 267 Å². The van der Waals surface area contributed by atoms with Crippen molar-refractivity contribution in [1.82, 2.24) is 0 Å². The third-order valence-electron chi connectivity index (χ3n) is 4.28. The molecular weight excluding hydrogens is 788 g/mol. The Bertz CT molecular complexity index is 1480. The molecule has 2 aromatic rings. The summed E-state index contributed by atoms with van der Waals surface area (Å²) >= 11 is 42.0. The zero-order valence-corrected chi connectivity index (χ0v) is 25.5. The molecule has 0 spiro atoms. The van der Waals surface area contributed by atoms with Crippen LogP contribution >= 0.6 is 94.9 Å². The first-order chi connectivity index (χ1) is 19.1. The first-order valence-electron chi connectivity index (χ1n) is 8.62. The van der Waals surface area contributed by atoms with Crippen LogP contribution in [0.5, 0.6) is 46.0 Å². The van der Waals surface area contributed by atoms with E-state index >= 15 is 0 Å². The van der Waals surface area contributed by atoms with Crippen LogP contribution in [-0.2, 0) is 25.0 Å². The molecule has 27 heteroatoms. The van der Waals surface area contributed by atoms with E-state index in [1.807, 2.05) is 0 Å². The molecule has 0 aliphatic heterocycles. The van der Waals surface area contributed by atoms with Crippen molar-refractivity contribution in [2.45, 2.75) is 9.79 Å². The molecule has 0 saturated carbocycles. The van der Waals surface area contributed by atoms with Crippen LogP contribution in [0.15, 0.2) is 9.79 Å². The minimum atomic E-state index is -5.67. The number of benzene rings is 2. The molecule has 2 N–H and O–H groups in total. The molecule has 17 nitrogen and oxygen atoms in total. The fraction of sp³-hybridized carbons (Fsp3) is 0. The summed E-state index contributed by atoms with van der Waals surface area (Å²) in [6, 6.07) is 0. The van der Waals surface area contributed by atoms with Gasteiger partial charge in [-0.25, -0.2) is 9.59 Å². The number of carbonyl (C=O) groups excluding carboxylic acids is 2. The van der Waals surface area contributed by atoms with Crippen LogP contribution in [0.25, 0.3) is 0 Å². The molecule has 0 unspecified atom stereocenters. The Morgan fingerprint density at radius 3 is 0.854 bits per heavy atom. The quantitative estimate of drug-likeness (QED) is 0.155. The number of hydrogen-bond acceptors (Lipinski definition) is 15. The van der Waals surface area contributed by atoms with Gasteiger partial charge < -0.3 is 39.1 Å². The van der Waals surface area contributed by atoms with Crippen molar-refractivity contribution in [3.63, 3.8) is 0 Å². The number of hydrogen-bond donors (Lipinski definition) is 2. The highest BCUT2D eigenvalue weighted by molar-refractivity contribution is 7.86. The molecule has 0 heterocycles. The molecule has 0 saturated heterocycles. The van der Waals surface area contributed by atoms with E-state index in [4.69, 9.17) is 94.9 Å². The van der Waals surface area contributed by atoms with Gasteiger partial charge in [-0.05, 0) is 0 Å². The van der Waals surface area contributed by atoms with Gasteiger partial charge in [-0.3, -0.25) is 9.11 Å². The first kappa shape index (κ1) is 35.3. The molecule has 228 valence electrons. The van der Waals surface area contributed by atoms with Gasteiger partial charge in [0.2, 0.25) is 46.0 Å². The fourth-order valence-electron chi connectivity index (χ4n) is 2.90. The summed E-state index contributed by atoms with van der Waals surface area (Å²) in [5.74, 6) is -13.9. The highest BCUT2D eigenvalue weighted by atomic mass is 35.5. The van der Waals surface area contributed by atoms with Gasteiger partial charge in [-0.15, -0.1) is 0 Å². The molecule has 0 atom stereocenters. The number of carbonyl (C=O) groups is 2. The molecule has 0 amide bonds. The van der Waals surface area contributed by atoms with Crippen molar-refractivity contribution in [3.8, 4) is 46.0 Å². The predicted molar refractivity (Wildman–Crippen MR) is 134 cm³/mol. The van der Waals surface area contributed by atoms with Crippen molar-refractivity contribution < 1.29 is 74.6 Å². The summed E-state index contributed by atoms with van der Waals surface area (Å²) < 4.78 is 107. The zero-order valence-electron chi connectivity index (χ0n) is 17.9. The Morgan fingerprint density at radius 2 is 0.659 bits per heavy atom. The monoisotopic (exact) mass is 786 g/mol. The summed E-state index contributed by atoms with van der Waals surface area (Å²) in [6.07, 6.45) is 0. The molecule has 0 radical (unpaired) electrons. The topological polar surface area (TPSA) is 226 Å². The lowest BCUT2D eigenvalue weighted by Gasteiger charge is -2.18. The van der Waals surface area contributed by atoms with E-state index in [1.54, 1.807) is 0 Å². The third kappa shape index (κ3) is 6.71. The summed E-state index contributed by atoms with van der Waals surface area (Å²) in [4.78, 5) is 22.9. The van der Waals surface area contributed by atoms with E-state index in [-0.39, 0.29) is 0 Å². The van der Waals surface area contributed by atoms with E-state index in [1.165, 1.54) is 0 Å². The molecule has 0 bridgehead atoms. The van der Waals surface area contributed by atoms with Gasteiger partial charge in [-0.2, -0.15) is 16.8 Å². The van der Waals surface area contributed by atoms with Crippen molar-refractivity contribution >= 4 is 127 Å². The Hall–Kier alpha value is -1.88. The van der Waals surface area contributed by atoms with Gasteiger partial charge >= 0.3 is 11.9 Å². The van der Waals surface area contributed by atoms with E-state index in [2.05, 4.69) is 39.1 Å². The van der Waals surface area contributed by atoms with E-state index in [0.29, 0.717) is 0 Å². The van der Waals surface area contributed by atoms with Gasteiger partial charge in [0.05, 0.1) is 0 Å². The highest BCUT2D eigenvalue weighted by Gasteiger charge is 2.43. The van der Waals surface area contributed by atoms with E-state index in [0.717, 1.165) is 0 Å². The number of rotatable bonds is 12. The standard InChI is InChI=1S/C14H2Cl8O17S2/c15-32-3-1(11(40(25,26)27)9(38-21)7(36-19)5(3)34-17)13(23)31-14(24)2-4(33-16)6(35-18)8(37-20)10(39-22)12(2)41(28,29)30/h(H,25,26,27)(H,28,29,30). The molecule has 2 rings (SSSR count). The minimum absolute atomic E-state index is 1.07. The van der Waals surface area contributed by atoms with Gasteiger partial charge in [-0.1, -0.05) is 0 Å². The van der Waals surface area contributed by atoms with Crippen LogP contribution in [0, 0.1) is 0 Å². The average molecular weight is 790 g/mol. The van der Waals surface area contributed by atoms with Crippen molar-refractivity contribution in [2.75, 3.05) is 0 Å². The summed E-state index contributed by atoms with van der Waals surface area (Å²) in [7, 11) is -11.3. The average Bonchev–Trinajstić information content (AvgIpc) is 2.91. The van der Waals surface area contributed by atoms with Crippen LogP contribution in [-0.4, -0.2) is 37.9 Å². The third-order valence-corrected chi connectivity index (χ3v) is 7.33. The van der Waals surface area contributed by atoms with Crippen LogP contribution < -0.4 is 34.3 Å². The second-order valence-electron chi connectivity index (χ2n) is 6.29. The Kier molecular flexibility index (Phi) is 12.1. The maximum Gasteiger partial charge on any atom is 0.351 e. The number of esters is 2. The minimum Gasteiger partial charge on any atom is -0.385 e. The number of ether oxygens (including phenoxy) is 1. The van der Waals surface area contributed by atoms with Gasteiger partial charge in [0, 0.05) is 0 Å². The Morgan fingerprint density at radius 1 is 0.439 bits per heavy atom. The largest absolute Gasteiger partial charge is 0.385 e. The van der Waals surface area contributed by atoms with Crippen LogP contribution in [0.2, 0.25) is 0 Å².